The predicted molar refractivity (Wildman–Crippen MR) is 109 cm³/mol. The quantitative estimate of drug-likeness (QED) is 0.531. The van der Waals surface area contributed by atoms with Crippen LogP contribution >= 0.6 is 11.3 Å². The first-order valence-electron chi connectivity index (χ1n) is 9.03. The van der Waals surface area contributed by atoms with Gasteiger partial charge in [0.05, 0.1) is 22.8 Å². The Labute approximate surface area is 176 Å². The number of aromatic nitrogens is 1. The molecule has 160 valence electrons. The summed E-state index contributed by atoms with van der Waals surface area (Å²) in [5.74, 6) is 0.592. The third kappa shape index (κ3) is 5.59. The molecule has 0 fully saturated rings. The van der Waals surface area contributed by atoms with Crippen molar-refractivity contribution in [1.29, 1.82) is 0 Å². The summed E-state index contributed by atoms with van der Waals surface area (Å²) in [6.45, 7) is 2.48. The number of hydrogen-bond acceptors (Lipinski definition) is 5. The van der Waals surface area contributed by atoms with E-state index in [0.29, 0.717) is 35.0 Å². The third-order valence-corrected chi connectivity index (χ3v) is 6.55. The summed E-state index contributed by atoms with van der Waals surface area (Å²) >= 11 is 1.29. The molecule has 0 unspecified atom stereocenters. The standard InChI is InChI=1S/C20H19F3N2O3S2/c1-2-28-17-7-9-18(10-8-17)30(26,27)24-12-11-16-13-29-19(25-16)14-3-5-15(6-4-14)20(21,22)23/h3-10,13,24H,2,11-12H2,1H3. The first kappa shape index (κ1) is 22.3. The Hall–Kier alpha value is -2.43. The average Bonchev–Trinajstić information content (AvgIpc) is 3.17. The number of nitrogens with zero attached hydrogens (tertiary/aromatic N) is 1. The van der Waals surface area contributed by atoms with E-state index in [-0.39, 0.29) is 11.4 Å². The Balaban J connectivity index is 1.58. The summed E-state index contributed by atoms with van der Waals surface area (Å²) < 4.78 is 70.5. The van der Waals surface area contributed by atoms with Crippen molar-refractivity contribution in [2.45, 2.75) is 24.4 Å². The molecule has 0 saturated carbocycles. The molecule has 1 heterocycles. The highest BCUT2D eigenvalue weighted by Gasteiger charge is 2.30. The summed E-state index contributed by atoms with van der Waals surface area (Å²) in [6.07, 6.45) is -4.03. The fourth-order valence-corrected chi connectivity index (χ4v) is 4.53. The fraction of sp³-hybridized carbons (Fsp3) is 0.250. The molecule has 0 aliphatic heterocycles. The lowest BCUT2D eigenvalue weighted by Gasteiger charge is -2.07. The molecule has 0 saturated heterocycles. The van der Waals surface area contributed by atoms with Crippen LogP contribution in [0.25, 0.3) is 10.6 Å². The highest BCUT2D eigenvalue weighted by Crippen LogP contribution is 2.31. The van der Waals surface area contributed by atoms with Crippen molar-refractivity contribution in [2.75, 3.05) is 13.2 Å². The highest BCUT2D eigenvalue weighted by molar-refractivity contribution is 7.89. The summed E-state index contributed by atoms with van der Waals surface area (Å²) in [5, 5.41) is 2.34. The van der Waals surface area contributed by atoms with E-state index in [9.17, 15) is 21.6 Å². The van der Waals surface area contributed by atoms with Crippen LogP contribution in [0.2, 0.25) is 0 Å². The molecule has 1 aromatic heterocycles. The number of thiazole rings is 1. The maximum atomic E-state index is 12.7. The van der Waals surface area contributed by atoms with Gasteiger partial charge in [-0.2, -0.15) is 13.2 Å². The number of halogens is 3. The lowest BCUT2D eigenvalue weighted by Crippen LogP contribution is -2.26. The van der Waals surface area contributed by atoms with Crippen molar-refractivity contribution < 1.29 is 26.3 Å². The van der Waals surface area contributed by atoms with Crippen LogP contribution in [0.3, 0.4) is 0 Å². The predicted octanol–water partition coefficient (Wildman–Crippen LogP) is 4.75. The van der Waals surface area contributed by atoms with Crippen molar-refractivity contribution in [1.82, 2.24) is 9.71 Å². The molecule has 0 radical (unpaired) electrons. The molecule has 0 amide bonds. The summed E-state index contributed by atoms with van der Waals surface area (Å²) in [5.41, 5.74) is 0.519. The minimum atomic E-state index is -4.38. The van der Waals surface area contributed by atoms with Gasteiger partial charge in [-0.3, -0.25) is 0 Å². The minimum Gasteiger partial charge on any atom is -0.494 e. The Morgan fingerprint density at radius 1 is 1.07 bits per heavy atom. The van der Waals surface area contributed by atoms with Gasteiger partial charge in [0, 0.05) is 23.9 Å². The van der Waals surface area contributed by atoms with E-state index in [1.807, 2.05) is 6.92 Å². The lowest BCUT2D eigenvalue weighted by atomic mass is 10.1. The van der Waals surface area contributed by atoms with E-state index < -0.39 is 21.8 Å². The van der Waals surface area contributed by atoms with Gasteiger partial charge in [-0.1, -0.05) is 12.1 Å². The second kappa shape index (κ2) is 9.15. The maximum absolute atomic E-state index is 12.7. The van der Waals surface area contributed by atoms with Crippen molar-refractivity contribution in [2.24, 2.45) is 0 Å². The van der Waals surface area contributed by atoms with Crippen LogP contribution in [0.15, 0.2) is 58.8 Å². The van der Waals surface area contributed by atoms with E-state index in [1.54, 1.807) is 17.5 Å². The maximum Gasteiger partial charge on any atom is 0.416 e. The molecular weight excluding hydrogens is 437 g/mol. The fourth-order valence-electron chi connectivity index (χ4n) is 2.63. The molecule has 0 bridgehead atoms. The van der Waals surface area contributed by atoms with Crippen LogP contribution in [-0.4, -0.2) is 26.6 Å². The number of hydrogen-bond donors (Lipinski definition) is 1. The van der Waals surface area contributed by atoms with Crippen molar-refractivity contribution in [3.8, 4) is 16.3 Å². The van der Waals surface area contributed by atoms with E-state index in [4.69, 9.17) is 4.74 Å². The monoisotopic (exact) mass is 456 g/mol. The Kier molecular flexibility index (Phi) is 6.79. The molecular formula is C20H19F3N2O3S2. The number of nitrogens with one attached hydrogen (secondary N) is 1. The van der Waals surface area contributed by atoms with Gasteiger partial charge >= 0.3 is 6.18 Å². The van der Waals surface area contributed by atoms with Crippen molar-refractivity contribution in [3.63, 3.8) is 0 Å². The average molecular weight is 457 g/mol. The van der Waals surface area contributed by atoms with Crippen molar-refractivity contribution >= 4 is 21.4 Å². The van der Waals surface area contributed by atoms with E-state index >= 15 is 0 Å². The molecule has 3 aromatic rings. The minimum absolute atomic E-state index is 0.134. The zero-order valence-corrected chi connectivity index (χ0v) is 17.6. The van der Waals surface area contributed by atoms with E-state index in [2.05, 4.69) is 9.71 Å². The number of ether oxygens (including phenoxy) is 1. The molecule has 0 spiro atoms. The highest BCUT2D eigenvalue weighted by atomic mass is 32.2. The molecule has 0 aliphatic rings. The molecule has 2 aromatic carbocycles. The second-order valence-corrected chi connectivity index (χ2v) is 8.90. The van der Waals surface area contributed by atoms with Gasteiger partial charge in [0.15, 0.2) is 0 Å². The van der Waals surface area contributed by atoms with E-state index in [1.165, 1.54) is 35.6 Å². The van der Waals surface area contributed by atoms with E-state index in [0.717, 1.165) is 12.1 Å². The first-order valence-corrected chi connectivity index (χ1v) is 11.4. The number of benzene rings is 2. The molecule has 30 heavy (non-hydrogen) atoms. The van der Waals surface area contributed by atoms with Gasteiger partial charge in [-0.05, 0) is 43.3 Å². The van der Waals surface area contributed by atoms with Gasteiger partial charge in [0.1, 0.15) is 10.8 Å². The first-order chi connectivity index (χ1) is 14.2. The van der Waals surface area contributed by atoms with Gasteiger partial charge in [-0.15, -0.1) is 11.3 Å². The molecule has 0 atom stereocenters. The molecule has 10 heteroatoms. The van der Waals surface area contributed by atoms with Crippen LogP contribution in [0.5, 0.6) is 5.75 Å². The van der Waals surface area contributed by atoms with Crippen LogP contribution in [0, 0.1) is 0 Å². The Bertz CT molecular complexity index is 1080. The molecule has 1 N–H and O–H groups in total. The Morgan fingerprint density at radius 3 is 2.33 bits per heavy atom. The van der Waals surface area contributed by atoms with Gasteiger partial charge < -0.3 is 4.74 Å². The van der Waals surface area contributed by atoms with Crippen molar-refractivity contribution in [3.05, 3.63) is 65.2 Å². The van der Waals surface area contributed by atoms with Gasteiger partial charge in [0.2, 0.25) is 10.0 Å². The molecule has 3 rings (SSSR count). The number of sulfonamides is 1. The van der Waals surface area contributed by atoms with Crippen LogP contribution in [-0.2, 0) is 22.6 Å². The SMILES string of the molecule is CCOc1ccc(S(=O)(=O)NCCc2csc(-c3ccc(C(F)(F)F)cc3)n2)cc1. The zero-order chi connectivity index (χ0) is 21.8. The molecule has 5 nitrogen and oxygen atoms in total. The molecule has 0 aliphatic carbocycles. The topological polar surface area (TPSA) is 68.3 Å². The zero-order valence-electron chi connectivity index (χ0n) is 15.9. The normalized spacial score (nSPS) is 12.1. The third-order valence-electron chi connectivity index (χ3n) is 4.13. The van der Waals surface area contributed by atoms with Gasteiger partial charge in [-0.25, -0.2) is 18.1 Å². The van der Waals surface area contributed by atoms with Gasteiger partial charge in [0.25, 0.3) is 0 Å². The Morgan fingerprint density at radius 2 is 1.73 bits per heavy atom. The number of alkyl halides is 3. The van der Waals surface area contributed by atoms with Crippen LogP contribution < -0.4 is 9.46 Å². The van der Waals surface area contributed by atoms with Crippen LogP contribution in [0.4, 0.5) is 13.2 Å². The number of rotatable bonds is 8. The summed E-state index contributed by atoms with van der Waals surface area (Å²) in [4.78, 5) is 4.52. The lowest BCUT2D eigenvalue weighted by molar-refractivity contribution is -0.137. The smallest absolute Gasteiger partial charge is 0.416 e. The largest absolute Gasteiger partial charge is 0.494 e. The second-order valence-electron chi connectivity index (χ2n) is 6.27. The summed E-state index contributed by atoms with van der Waals surface area (Å²) in [6, 6.07) is 10.9. The van der Waals surface area contributed by atoms with Crippen LogP contribution in [0.1, 0.15) is 18.2 Å². The summed E-state index contributed by atoms with van der Waals surface area (Å²) in [7, 11) is -3.66.